The molecular weight excluding hydrogens is 512 g/mol. The molecule has 2 aromatic rings. The Morgan fingerprint density at radius 2 is 1.54 bits per heavy atom. The van der Waals surface area contributed by atoms with Crippen molar-refractivity contribution in [1.29, 1.82) is 0 Å². The predicted octanol–water partition coefficient (Wildman–Crippen LogP) is 5.94. The average Bonchev–Trinajstić information content (AvgIpc) is 2.84. The molecule has 0 aliphatic carbocycles. The molecule has 0 spiro atoms. The van der Waals surface area contributed by atoms with Crippen LogP contribution in [0.3, 0.4) is 0 Å². The summed E-state index contributed by atoms with van der Waals surface area (Å²) >= 11 is 0. The molecule has 7 nitrogen and oxygen atoms in total. The Hall–Kier alpha value is -2.26. The highest BCUT2D eigenvalue weighted by Crippen LogP contribution is 2.43. The number of hydrogen-bond donors (Lipinski definition) is 1. The van der Waals surface area contributed by atoms with Crippen LogP contribution < -0.4 is 0 Å². The summed E-state index contributed by atoms with van der Waals surface area (Å²) in [5.74, 6) is -1.06. The molecular formula is C31H44N2O5S. The number of hydrogen-bond acceptors (Lipinski definition) is 4. The molecule has 1 fully saturated rings. The van der Waals surface area contributed by atoms with E-state index in [1.807, 2.05) is 65.8 Å². The van der Waals surface area contributed by atoms with Crippen LogP contribution in [-0.4, -0.2) is 53.3 Å². The molecule has 0 aromatic heterocycles. The van der Waals surface area contributed by atoms with E-state index in [0.717, 1.165) is 51.8 Å². The Kier molecular flexibility index (Phi) is 8.09. The maximum atomic E-state index is 13.7. The number of carboxylic acid groups (broad SMARTS) is 1. The van der Waals surface area contributed by atoms with Crippen molar-refractivity contribution in [2.45, 2.75) is 92.9 Å². The van der Waals surface area contributed by atoms with Gasteiger partial charge in [-0.25, -0.2) is 4.79 Å². The molecule has 0 amide bonds. The number of carboxylic acids is 1. The molecule has 2 aliphatic rings. The van der Waals surface area contributed by atoms with Crippen LogP contribution in [-0.2, 0) is 32.7 Å². The zero-order valence-corrected chi connectivity index (χ0v) is 25.5. The van der Waals surface area contributed by atoms with Crippen LogP contribution >= 0.6 is 0 Å². The van der Waals surface area contributed by atoms with Gasteiger partial charge in [0.1, 0.15) is 0 Å². The first-order chi connectivity index (χ1) is 18.0. The molecule has 1 saturated heterocycles. The second-order valence-corrected chi connectivity index (χ2v) is 14.9. The van der Waals surface area contributed by atoms with Crippen molar-refractivity contribution in [1.82, 2.24) is 8.61 Å². The summed E-state index contributed by atoms with van der Waals surface area (Å²) in [5.41, 5.74) is 6.79. The quantitative estimate of drug-likeness (QED) is 0.476. The van der Waals surface area contributed by atoms with Gasteiger partial charge in [-0.05, 0) is 99.6 Å². The molecule has 1 unspecified atom stereocenters. The summed E-state index contributed by atoms with van der Waals surface area (Å²) in [6.45, 7) is 17.6. The van der Waals surface area contributed by atoms with Crippen LogP contribution in [0.5, 0.6) is 0 Å². The van der Waals surface area contributed by atoms with Gasteiger partial charge in [-0.15, -0.1) is 0 Å². The van der Waals surface area contributed by atoms with Gasteiger partial charge in [0.2, 0.25) is 0 Å². The van der Waals surface area contributed by atoms with Gasteiger partial charge in [0, 0.05) is 31.7 Å². The van der Waals surface area contributed by atoms with Crippen LogP contribution in [0, 0.1) is 26.2 Å². The molecule has 8 heteroatoms. The number of piperidine rings is 1. The van der Waals surface area contributed by atoms with Gasteiger partial charge in [0.25, 0.3) is 10.2 Å². The van der Waals surface area contributed by atoms with E-state index in [4.69, 9.17) is 4.74 Å². The zero-order chi connectivity index (χ0) is 28.9. The Balaban J connectivity index is 1.84. The number of aryl methyl sites for hydroxylation is 1. The van der Waals surface area contributed by atoms with E-state index in [1.165, 1.54) is 0 Å². The van der Waals surface area contributed by atoms with Gasteiger partial charge in [-0.3, -0.25) is 0 Å². The van der Waals surface area contributed by atoms with Crippen molar-refractivity contribution < 1.29 is 23.1 Å². The third-order valence-corrected chi connectivity index (χ3v) is 10.3. The maximum Gasteiger partial charge on any atom is 0.337 e. The van der Waals surface area contributed by atoms with Crippen LogP contribution in [0.4, 0.5) is 0 Å². The number of nitrogens with zero attached hydrogens (tertiary/aromatic N) is 2. The minimum absolute atomic E-state index is 0.147. The lowest BCUT2D eigenvalue weighted by Crippen LogP contribution is -2.49. The van der Waals surface area contributed by atoms with Crippen LogP contribution in [0.1, 0.15) is 86.9 Å². The first-order valence-corrected chi connectivity index (χ1v) is 15.3. The predicted molar refractivity (Wildman–Crippen MR) is 155 cm³/mol. The minimum Gasteiger partial charge on any atom is -0.479 e. The fraction of sp³-hybridized carbons (Fsp3) is 0.581. The average molecular weight is 557 g/mol. The van der Waals surface area contributed by atoms with E-state index in [9.17, 15) is 18.3 Å². The minimum atomic E-state index is -3.63. The number of fused-ring (bicyclic) bond motifs is 1. The van der Waals surface area contributed by atoms with Crippen LogP contribution in [0.15, 0.2) is 24.3 Å². The Morgan fingerprint density at radius 3 is 2.08 bits per heavy atom. The molecule has 2 heterocycles. The van der Waals surface area contributed by atoms with Crippen molar-refractivity contribution >= 4 is 16.2 Å². The molecule has 39 heavy (non-hydrogen) atoms. The van der Waals surface area contributed by atoms with Gasteiger partial charge in [0.05, 0.1) is 5.60 Å². The molecule has 1 atom stereocenters. The van der Waals surface area contributed by atoms with E-state index >= 15 is 0 Å². The fourth-order valence-electron chi connectivity index (χ4n) is 5.89. The lowest BCUT2D eigenvalue weighted by Gasteiger charge is -2.40. The highest BCUT2D eigenvalue weighted by atomic mass is 32.2. The second-order valence-electron chi connectivity index (χ2n) is 13.0. The Labute approximate surface area is 234 Å². The molecule has 4 rings (SSSR count). The first-order valence-electron chi connectivity index (χ1n) is 13.9. The van der Waals surface area contributed by atoms with E-state index < -0.39 is 27.9 Å². The number of carbonyl (C=O) groups is 1. The number of rotatable bonds is 6. The van der Waals surface area contributed by atoms with Crippen molar-refractivity contribution in [3.05, 3.63) is 57.6 Å². The van der Waals surface area contributed by atoms with Crippen LogP contribution in [0.2, 0.25) is 0 Å². The largest absolute Gasteiger partial charge is 0.479 e. The molecule has 2 aromatic carbocycles. The summed E-state index contributed by atoms with van der Waals surface area (Å²) < 4.78 is 36.8. The lowest BCUT2D eigenvalue weighted by molar-refractivity contribution is -0.160. The maximum absolute atomic E-state index is 13.7. The van der Waals surface area contributed by atoms with E-state index in [1.54, 1.807) is 8.61 Å². The van der Waals surface area contributed by atoms with E-state index in [2.05, 4.69) is 13.8 Å². The fourth-order valence-corrected chi connectivity index (χ4v) is 7.47. The first kappa shape index (κ1) is 29.7. The molecule has 214 valence electrons. The SMILES string of the molecule is Cc1ccc(-c2c(C)c3c(c(C)c2C(OC(C)(C)C)C(=O)O)CN(S(=O)(=O)N2CCC(C)(C)CC2)CC3)cc1. The van der Waals surface area contributed by atoms with Gasteiger partial charge in [-0.2, -0.15) is 17.0 Å². The monoisotopic (exact) mass is 556 g/mol. The highest BCUT2D eigenvalue weighted by Gasteiger charge is 2.39. The zero-order valence-electron chi connectivity index (χ0n) is 24.7. The van der Waals surface area contributed by atoms with E-state index in [-0.39, 0.29) is 12.0 Å². The van der Waals surface area contributed by atoms with Gasteiger partial charge >= 0.3 is 5.97 Å². The molecule has 1 N–H and O–H groups in total. The molecule has 0 radical (unpaired) electrons. The Morgan fingerprint density at radius 1 is 0.949 bits per heavy atom. The summed E-state index contributed by atoms with van der Waals surface area (Å²) in [7, 11) is -3.63. The van der Waals surface area contributed by atoms with Crippen molar-refractivity contribution in [3.63, 3.8) is 0 Å². The second kappa shape index (κ2) is 10.6. The standard InChI is InChI=1S/C31H44N2O5S/c1-20-9-11-23(12-10-20)26-21(2)24-13-16-33(39(36,37)32-17-14-31(7,8)15-18-32)19-25(24)22(3)27(26)28(29(34)35)38-30(4,5)6/h9-12,28H,13-19H2,1-8H3,(H,34,35). The Bertz CT molecular complexity index is 1350. The number of ether oxygens (including phenoxy) is 1. The molecule has 0 saturated carbocycles. The van der Waals surface area contributed by atoms with Crippen LogP contribution in [0.25, 0.3) is 11.1 Å². The highest BCUT2D eigenvalue weighted by molar-refractivity contribution is 7.86. The summed E-state index contributed by atoms with van der Waals surface area (Å²) in [4.78, 5) is 12.7. The number of benzene rings is 2. The number of aliphatic carboxylic acids is 1. The third-order valence-electron chi connectivity index (χ3n) is 8.29. The summed E-state index contributed by atoms with van der Waals surface area (Å²) in [6, 6.07) is 8.12. The van der Waals surface area contributed by atoms with Gasteiger partial charge in [0.15, 0.2) is 6.10 Å². The summed E-state index contributed by atoms with van der Waals surface area (Å²) in [6.07, 6.45) is 1.06. The van der Waals surface area contributed by atoms with Crippen molar-refractivity contribution in [3.8, 4) is 11.1 Å². The molecule has 0 bridgehead atoms. The summed E-state index contributed by atoms with van der Waals surface area (Å²) in [5, 5.41) is 10.4. The van der Waals surface area contributed by atoms with Crippen molar-refractivity contribution in [2.75, 3.05) is 19.6 Å². The normalized spacial score (nSPS) is 19.5. The molecule has 2 aliphatic heterocycles. The topological polar surface area (TPSA) is 87.1 Å². The van der Waals surface area contributed by atoms with Gasteiger partial charge < -0.3 is 9.84 Å². The van der Waals surface area contributed by atoms with Gasteiger partial charge in [-0.1, -0.05) is 43.7 Å². The van der Waals surface area contributed by atoms with Crippen molar-refractivity contribution in [2.24, 2.45) is 5.41 Å². The van der Waals surface area contributed by atoms with E-state index in [0.29, 0.717) is 31.6 Å². The smallest absolute Gasteiger partial charge is 0.337 e. The third kappa shape index (κ3) is 6.09. The lowest BCUT2D eigenvalue weighted by atomic mass is 9.80.